The zero-order chi connectivity index (χ0) is 8.53. The van der Waals surface area contributed by atoms with E-state index in [2.05, 4.69) is 0 Å². The molecule has 0 spiro atoms. The van der Waals surface area contributed by atoms with E-state index < -0.39 is 0 Å². The number of hydrogen-bond acceptors (Lipinski definition) is 1. The summed E-state index contributed by atoms with van der Waals surface area (Å²) in [6.07, 6.45) is 0. The Morgan fingerprint density at radius 3 is 1.82 bits per heavy atom. The van der Waals surface area contributed by atoms with Crippen LogP contribution in [0.25, 0.3) is 0 Å². The standard InChI is InChI=1S/C7H9N.CH2Cl2/c8-6-7-4-2-1-3-5-7;2-1-3/h1-5H,6,8H2;1H2. The molecular formula is C8H11Cl2N. The summed E-state index contributed by atoms with van der Waals surface area (Å²) >= 11 is 9.53. The first-order valence-corrected chi connectivity index (χ1v) is 4.28. The highest BCUT2D eigenvalue weighted by atomic mass is 35.5. The quantitative estimate of drug-likeness (QED) is 0.680. The number of alkyl halides is 2. The number of nitrogens with two attached hydrogens (primary N) is 1. The molecule has 0 fully saturated rings. The van der Waals surface area contributed by atoms with Gasteiger partial charge in [-0.1, -0.05) is 30.3 Å². The van der Waals surface area contributed by atoms with E-state index >= 15 is 0 Å². The smallest absolute Gasteiger partial charge is 0.0967 e. The largest absolute Gasteiger partial charge is 0.326 e. The van der Waals surface area contributed by atoms with E-state index in [0.29, 0.717) is 6.54 Å². The molecule has 0 aliphatic carbocycles. The molecule has 0 atom stereocenters. The number of halogens is 2. The molecule has 0 bridgehead atoms. The van der Waals surface area contributed by atoms with Crippen molar-refractivity contribution in [2.45, 2.75) is 6.54 Å². The van der Waals surface area contributed by atoms with Crippen LogP contribution in [0.3, 0.4) is 0 Å². The van der Waals surface area contributed by atoms with Gasteiger partial charge < -0.3 is 5.73 Å². The lowest BCUT2D eigenvalue weighted by molar-refractivity contribution is 1.07. The molecule has 0 aliphatic heterocycles. The molecule has 0 saturated carbocycles. The van der Waals surface area contributed by atoms with Gasteiger partial charge in [0.1, 0.15) is 0 Å². The minimum Gasteiger partial charge on any atom is -0.326 e. The lowest BCUT2D eigenvalue weighted by atomic mass is 10.2. The summed E-state index contributed by atoms with van der Waals surface area (Å²) in [6.45, 7) is 0.640. The minimum absolute atomic E-state index is 0.194. The van der Waals surface area contributed by atoms with Crippen LogP contribution in [-0.4, -0.2) is 5.34 Å². The Morgan fingerprint density at radius 2 is 1.55 bits per heavy atom. The average molecular weight is 192 g/mol. The Labute approximate surface area is 77.1 Å². The van der Waals surface area contributed by atoms with Crippen LogP contribution in [-0.2, 0) is 6.54 Å². The fourth-order valence-corrected chi connectivity index (χ4v) is 0.614. The van der Waals surface area contributed by atoms with Crippen LogP contribution in [0.1, 0.15) is 5.56 Å². The van der Waals surface area contributed by atoms with Crippen molar-refractivity contribution in [3.8, 4) is 0 Å². The van der Waals surface area contributed by atoms with Crippen molar-refractivity contribution < 1.29 is 0 Å². The van der Waals surface area contributed by atoms with Gasteiger partial charge in [0.2, 0.25) is 0 Å². The van der Waals surface area contributed by atoms with Crippen molar-refractivity contribution >= 4 is 23.2 Å². The van der Waals surface area contributed by atoms with Gasteiger partial charge in [0.15, 0.2) is 0 Å². The second-order valence-electron chi connectivity index (χ2n) is 1.79. The molecule has 62 valence electrons. The fraction of sp³-hybridized carbons (Fsp3) is 0.250. The van der Waals surface area contributed by atoms with E-state index in [4.69, 9.17) is 28.9 Å². The first kappa shape index (κ1) is 10.8. The molecule has 1 nitrogen and oxygen atoms in total. The van der Waals surface area contributed by atoms with Crippen LogP contribution in [0.2, 0.25) is 0 Å². The summed E-state index contributed by atoms with van der Waals surface area (Å²) in [4.78, 5) is 0. The molecule has 0 heterocycles. The number of hydrogen-bond donors (Lipinski definition) is 1. The van der Waals surface area contributed by atoms with Crippen molar-refractivity contribution in [2.75, 3.05) is 5.34 Å². The van der Waals surface area contributed by atoms with Crippen molar-refractivity contribution in [1.82, 2.24) is 0 Å². The molecule has 0 amide bonds. The first-order chi connectivity index (χ1) is 5.35. The van der Waals surface area contributed by atoms with Gasteiger partial charge in [-0.05, 0) is 5.56 Å². The Hall–Kier alpha value is -0.240. The maximum absolute atomic E-state index is 5.35. The third kappa shape index (κ3) is 6.17. The van der Waals surface area contributed by atoms with E-state index in [-0.39, 0.29) is 5.34 Å². The third-order valence-corrected chi connectivity index (χ3v) is 1.08. The van der Waals surface area contributed by atoms with Gasteiger partial charge in [-0.25, -0.2) is 0 Å². The van der Waals surface area contributed by atoms with E-state index in [1.165, 1.54) is 5.56 Å². The molecule has 3 heteroatoms. The predicted molar refractivity (Wildman–Crippen MR) is 50.9 cm³/mol. The van der Waals surface area contributed by atoms with Crippen LogP contribution < -0.4 is 5.73 Å². The van der Waals surface area contributed by atoms with Crippen LogP contribution in [0.15, 0.2) is 30.3 Å². The fourth-order valence-electron chi connectivity index (χ4n) is 0.614. The minimum atomic E-state index is 0.194. The second kappa shape index (κ2) is 7.86. The molecule has 0 aromatic heterocycles. The molecule has 1 aromatic rings. The summed E-state index contributed by atoms with van der Waals surface area (Å²) < 4.78 is 0. The van der Waals surface area contributed by atoms with Crippen LogP contribution in [0.4, 0.5) is 0 Å². The highest BCUT2D eigenvalue weighted by Crippen LogP contribution is 1.94. The van der Waals surface area contributed by atoms with Gasteiger partial charge in [-0.15, -0.1) is 23.2 Å². The molecule has 1 aromatic carbocycles. The molecule has 2 N–H and O–H groups in total. The Bertz CT molecular complexity index is 165. The topological polar surface area (TPSA) is 26.0 Å². The molecule has 1 rings (SSSR count). The summed E-state index contributed by atoms with van der Waals surface area (Å²) in [7, 11) is 0. The first-order valence-electron chi connectivity index (χ1n) is 3.21. The maximum Gasteiger partial charge on any atom is 0.0967 e. The lowest BCUT2D eigenvalue weighted by Crippen LogP contribution is -1.94. The zero-order valence-corrected chi connectivity index (χ0v) is 7.65. The number of rotatable bonds is 1. The molecule has 11 heavy (non-hydrogen) atoms. The zero-order valence-electron chi connectivity index (χ0n) is 6.13. The van der Waals surface area contributed by atoms with Crippen molar-refractivity contribution in [3.05, 3.63) is 35.9 Å². The normalized spacial score (nSPS) is 8.27. The van der Waals surface area contributed by atoms with Crippen LogP contribution >= 0.6 is 23.2 Å². The maximum atomic E-state index is 5.35. The summed E-state index contributed by atoms with van der Waals surface area (Å²) in [6, 6.07) is 9.99. The molecule has 0 aliphatic rings. The SMILES string of the molecule is ClCCl.NCc1ccccc1. The molecular weight excluding hydrogens is 181 g/mol. The highest BCUT2D eigenvalue weighted by Gasteiger charge is 1.80. The van der Waals surface area contributed by atoms with Crippen LogP contribution in [0, 0.1) is 0 Å². The Balaban J connectivity index is 0.000000292. The monoisotopic (exact) mass is 191 g/mol. The van der Waals surface area contributed by atoms with E-state index in [1.807, 2.05) is 30.3 Å². The van der Waals surface area contributed by atoms with Gasteiger partial charge in [-0.3, -0.25) is 0 Å². The second-order valence-corrected chi connectivity index (χ2v) is 2.60. The average Bonchev–Trinajstić information content (AvgIpc) is 2.08. The van der Waals surface area contributed by atoms with Crippen molar-refractivity contribution in [3.63, 3.8) is 0 Å². The van der Waals surface area contributed by atoms with Gasteiger partial charge in [0.25, 0.3) is 0 Å². The van der Waals surface area contributed by atoms with Gasteiger partial charge >= 0.3 is 0 Å². The Morgan fingerprint density at radius 1 is 1.09 bits per heavy atom. The molecule has 0 radical (unpaired) electrons. The van der Waals surface area contributed by atoms with Gasteiger partial charge in [0, 0.05) is 6.54 Å². The summed E-state index contributed by atoms with van der Waals surface area (Å²) in [5, 5.41) is 0.194. The van der Waals surface area contributed by atoms with E-state index in [9.17, 15) is 0 Å². The van der Waals surface area contributed by atoms with E-state index in [1.54, 1.807) is 0 Å². The predicted octanol–water partition coefficient (Wildman–Crippen LogP) is 2.57. The Kier molecular flexibility index (Phi) is 7.69. The van der Waals surface area contributed by atoms with Gasteiger partial charge in [0.05, 0.1) is 5.34 Å². The van der Waals surface area contributed by atoms with E-state index in [0.717, 1.165) is 0 Å². The highest BCUT2D eigenvalue weighted by molar-refractivity contribution is 6.40. The number of benzene rings is 1. The molecule has 0 unspecified atom stereocenters. The third-order valence-electron chi connectivity index (χ3n) is 1.08. The van der Waals surface area contributed by atoms with Gasteiger partial charge in [-0.2, -0.15) is 0 Å². The summed E-state index contributed by atoms with van der Waals surface area (Å²) in [5.74, 6) is 0. The van der Waals surface area contributed by atoms with Crippen LogP contribution in [0.5, 0.6) is 0 Å². The lowest BCUT2D eigenvalue weighted by Gasteiger charge is -1.90. The molecule has 0 saturated heterocycles. The van der Waals surface area contributed by atoms with Crippen molar-refractivity contribution in [2.24, 2.45) is 5.73 Å². The summed E-state index contributed by atoms with van der Waals surface area (Å²) in [5.41, 5.74) is 6.54. The van der Waals surface area contributed by atoms with Crippen molar-refractivity contribution in [1.29, 1.82) is 0 Å².